The first-order chi connectivity index (χ1) is 18.4. The summed E-state index contributed by atoms with van der Waals surface area (Å²) in [4.78, 5) is 24.8. The maximum Gasteiger partial charge on any atom is 0.331 e. The van der Waals surface area contributed by atoms with Crippen LogP contribution in [0.25, 0.3) is 6.08 Å². The van der Waals surface area contributed by atoms with Gasteiger partial charge in [-0.25, -0.2) is 4.79 Å². The van der Waals surface area contributed by atoms with Gasteiger partial charge in [-0.05, 0) is 55.9 Å². The van der Waals surface area contributed by atoms with E-state index in [1.807, 2.05) is 0 Å². The molecule has 1 aromatic carbocycles. The van der Waals surface area contributed by atoms with Crippen molar-refractivity contribution in [2.75, 3.05) is 13.7 Å². The van der Waals surface area contributed by atoms with Crippen LogP contribution in [-0.4, -0.2) is 53.0 Å². The lowest BCUT2D eigenvalue weighted by Crippen LogP contribution is -2.40. The predicted octanol–water partition coefficient (Wildman–Crippen LogP) is 6.29. The first-order valence-corrected chi connectivity index (χ1v) is 14.1. The Labute approximate surface area is 228 Å². The normalized spacial score (nSPS) is 13.2. The molecule has 0 amide bonds. The van der Waals surface area contributed by atoms with Gasteiger partial charge in [0.05, 0.1) is 13.7 Å². The summed E-state index contributed by atoms with van der Waals surface area (Å²) in [7, 11) is 1.42. The topological polar surface area (TPSA) is 113 Å². The Bertz CT molecular complexity index is 847. The van der Waals surface area contributed by atoms with Crippen LogP contribution >= 0.6 is 0 Å². The number of phenols is 1. The number of hydrogen-bond acceptors (Lipinski definition) is 7. The highest BCUT2D eigenvalue weighted by atomic mass is 16.6. The second kappa shape index (κ2) is 21.3. The minimum absolute atomic E-state index is 0.0282. The van der Waals surface area contributed by atoms with Gasteiger partial charge in [-0.3, -0.25) is 4.79 Å². The number of methoxy groups -OCH3 is 1. The molecule has 1 rings (SSSR count). The van der Waals surface area contributed by atoms with Crippen molar-refractivity contribution < 1.29 is 34.4 Å². The SMILES string of the molecule is CCCCCCCCC=CCCCCCCCC(=O)C(OC(=O)C=Cc1ccc(O)c(OC)c1)C(O)CO. The number of Topliss-reactive ketones (excluding diaryl/α,β-unsaturated/α-hetero) is 1. The smallest absolute Gasteiger partial charge is 0.331 e. The Morgan fingerprint density at radius 2 is 1.53 bits per heavy atom. The van der Waals surface area contributed by atoms with E-state index in [9.17, 15) is 24.9 Å². The second-order valence-electron chi connectivity index (χ2n) is 9.67. The number of carbonyl (C=O) groups excluding carboxylic acids is 2. The van der Waals surface area contributed by atoms with Gasteiger partial charge in [-0.1, -0.05) is 76.5 Å². The van der Waals surface area contributed by atoms with Gasteiger partial charge in [0.15, 0.2) is 23.4 Å². The third-order valence-electron chi connectivity index (χ3n) is 6.40. The Kier molecular flexibility index (Phi) is 18.7. The quantitative estimate of drug-likeness (QED) is 0.0696. The average Bonchev–Trinajstić information content (AvgIpc) is 2.92. The molecule has 2 atom stereocenters. The number of aromatic hydroxyl groups is 1. The largest absolute Gasteiger partial charge is 0.504 e. The minimum Gasteiger partial charge on any atom is -0.504 e. The van der Waals surface area contributed by atoms with Crippen LogP contribution in [0.2, 0.25) is 0 Å². The van der Waals surface area contributed by atoms with E-state index in [0.29, 0.717) is 12.0 Å². The number of esters is 1. The molecule has 0 aromatic heterocycles. The molecule has 38 heavy (non-hydrogen) atoms. The Hall–Kier alpha value is -2.64. The number of aliphatic hydroxyl groups is 2. The maximum atomic E-state index is 12.6. The van der Waals surface area contributed by atoms with Crippen molar-refractivity contribution in [1.29, 1.82) is 0 Å². The molecule has 7 heteroatoms. The molecule has 0 fully saturated rings. The molecular formula is C31H48O7. The second-order valence-corrected chi connectivity index (χ2v) is 9.67. The number of ketones is 1. The van der Waals surface area contributed by atoms with Gasteiger partial charge in [0.2, 0.25) is 0 Å². The summed E-state index contributed by atoms with van der Waals surface area (Å²) in [6.45, 7) is 1.55. The minimum atomic E-state index is -1.48. The third-order valence-corrected chi connectivity index (χ3v) is 6.40. The number of allylic oxidation sites excluding steroid dienone is 2. The van der Waals surface area contributed by atoms with Crippen LogP contribution < -0.4 is 4.74 Å². The summed E-state index contributed by atoms with van der Waals surface area (Å²) >= 11 is 0. The molecule has 0 aliphatic rings. The highest BCUT2D eigenvalue weighted by molar-refractivity contribution is 5.91. The molecule has 0 spiro atoms. The molecule has 0 bridgehead atoms. The van der Waals surface area contributed by atoms with Crippen molar-refractivity contribution in [2.24, 2.45) is 0 Å². The molecule has 2 unspecified atom stereocenters. The fourth-order valence-corrected chi connectivity index (χ4v) is 4.09. The van der Waals surface area contributed by atoms with Crippen molar-refractivity contribution in [2.45, 2.75) is 109 Å². The molecule has 0 saturated heterocycles. The molecule has 7 nitrogen and oxygen atoms in total. The van der Waals surface area contributed by atoms with E-state index in [1.165, 1.54) is 70.3 Å². The molecule has 3 N–H and O–H groups in total. The molecule has 0 saturated carbocycles. The van der Waals surface area contributed by atoms with E-state index in [-0.39, 0.29) is 17.9 Å². The number of unbranched alkanes of at least 4 members (excludes halogenated alkanes) is 11. The van der Waals surface area contributed by atoms with Crippen molar-refractivity contribution in [3.05, 3.63) is 42.0 Å². The van der Waals surface area contributed by atoms with Gasteiger partial charge < -0.3 is 24.8 Å². The number of aliphatic hydroxyl groups excluding tert-OH is 2. The van der Waals surface area contributed by atoms with E-state index in [1.54, 1.807) is 6.07 Å². The molecular weight excluding hydrogens is 484 g/mol. The fraction of sp³-hybridized carbons (Fsp3) is 0.613. The Morgan fingerprint density at radius 1 is 0.921 bits per heavy atom. The van der Waals surface area contributed by atoms with Crippen molar-refractivity contribution >= 4 is 17.8 Å². The lowest BCUT2D eigenvalue weighted by Gasteiger charge is -2.20. The summed E-state index contributed by atoms with van der Waals surface area (Å²) in [5, 5.41) is 29.0. The predicted molar refractivity (Wildman–Crippen MR) is 151 cm³/mol. The zero-order valence-corrected chi connectivity index (χ0v) is 23.3. The molecule has 214 valence electrons. The van der Waals surface area contributed by atoms with Crippen LogP contribution in [0.1, 0.15) is 102 Å². The molecule has 1 aromatic rings. The van der Waals surface area contributed by atoms with Gasteiger partial charge >= 0.3 is 5.97 Å². The van der Waals surface area contributed by atoms with E-state index in [2.05, 4.69) is 19.1 Å². The lowest BCUT2D eigenvalue weighted by molar-refractivity contribution is -0.159. The number of carbonyl (C=O) groups is 2. The van der Waals surface area contributed by atoms with Crippen LogP contribution in [0, 0.1) is 0 Å². The van der Waals surface area contributed by atoms with Crippen LogP contribution in [0.3, 0.4) is 0 Å². The van der Waals surface area contributed by atoms with Gasteiger partial charge in [0.25, 0.3) is 0 Å². The zero-order valence-electron chi connectivity index (χ0n) is 23.3. The number of ether oxygens (including phenoxy) is 2. The molecule has 0 aliphatic carbocycles. The summed E-state index contributed by atoms with van der Waals surface area (Å²) in [6.07, 6.45) is 19.4. The van der Waals surface area contributed by atoms with Crippen molar-refractivity contribution in [3.63, 3.8) is 0 Å². The fourth-order valence-electron chi connectivity index (χ4n) is 4.09. The average molecular weight is 533 g/mol. The van der Waals surface area contributed by atoms with Gasteiger partial charge in [-0.15, -0.1) is 0 Å². The Balaban J connectivity index is 2.28. The standard InChI is InChI=1S/C31H48O7/c1-3-4-5-6-7-8-9-10-11-12-13-14-15-16-17-18-27(34)31(28(35)24-32)38-30(36)22-20-25-19-21-26(33)29(23-25)37-2/h10-11,19-23,28,31-33,35H,3-9,12-18,24H2,1-2H3. The van der Waals surface area contributed by atoms with Gasteiger partial charge in [-0.2, -0.15) is 0 Å². The van der Waals surface area contributed by atoms with Gasteiger partial charge in [0.1, 0.15) is 6.10 Å². The summed E-state index contributed by atoms with van der Waals surface area (Å²) in [5.74, 6) is -0.992. The third kappa shape index (κ3) is 14.9. The molecule has 0 heterocycles. The van der Waals surface area contributed by atoms with Crippen molar-refractivity contribution in [1.82, 2.24) is 0 Å². The van der Waals surface area contributed by atoms with E-state index >= 15 is 0 Å². The summed E-state index contributed by atoms with van der Waals surface area (Å²) < 4.78 is 10.2. The first-order valence-electron chi connectivity index (χ1n) is 14.1. The highest BCUT2D eigenvalue weighted by Crippen LogP contribution is 2.26. The number of phenolic OH excluding ortho intramolecular Hbond substituents is 1. The van der Waals surface area contributed by atoms with E-state index in [0.717, 1.165) is 38.2 Å². The van der Waals surface area contributed by atoms with Crippen LogP contribution in [0.15, 0.2) is 36.4 Å². The first kappa shape index (κ1) is 33.4. The Morgan fingerprint density at radius 3 is 2.13 bits per heavy atom. The molecule has 0 aliphatic heterocycles. The lowest BCUT2D eigenvalue weighted by atomic mass is 10.0. The number of rotatable bonds is 22. The molecule has 0 radical (unpaired) electrons. The van der Waals surface area contributed by atoms with Crippen LogP contribution in [0.4, 0.5) is 0 Å². The summed E-state index contributed by atoms with van der Waals surface area (Å²) in [6, 6.07) is 4.55. The highest BCUT2D eigenvalue weighted by Gasteiger charge is 2.29. The van der Waals surface area contributed by atoms with E-state index < -0.39 is 30.6 Å². The van der Waals surface area contributed by atoms with Crippen LogP contribution in [0.5, 0.6) is 11.5 Å². The summed E-state index contributed by atoms with van der Waals surface area (Å²) in [5.41, 5.74) is 0.579. The monoisotopic (exact) mass is 532 g/mol. The number of hydrogen-bond donors (Lipinski definition) is 3. The van der Waals surface area contributed by atoms with E-state index in [4.69, 9.17) is 9.47 Å². The maximum absolute atomic E-state index is 12.6. The van der Waals surface area contributed by atoms with Crippen LogP contribution in [-0.2, 0) is 14.3 Å². The zero-order chi connectivity index (χ0) is 28.0. The van der Waals surface area contributed by atoms with Gasteiger partial charge in [0, 0.05) is 12.5 Å². The number of benzene rings is 1. The van der Waals surface area contributed by atoms with Crippen molar-refractivity contribution in [3.8, 4) is 11.5 Å².